The smallest absolute Gasteiger partial charge is 0.338 e. The molecule has 0 saturated carbocycles. The Balaban J connectivity index is 0.00000196. The number of hydrogen-bond acceptors (Lipinski definition) is 4. The van der Waals surface area contributed by atoms with Gasteiger partial charge in [-0.15, -0.1) is 12.4 Å². The van der Waals surface area contributed by atoms with Crippen LogP contribution in [0.25, 0.3) is 0 Å². The van der Waals surface area contributed by atoms with Crippen molar-refractivity contribution in [3.63, 3.8) is 0 Å². The Labute approximate surface area is 94.5 Å². The number of hydrogen-bond donors (Lipinski definition) is 2. The van der Waals surface area contributed by atoms with Crippen LogP contribution in [0.3, 0.4) is 0 Å². The van der Waals surface area contributed by atoms with Gasteiger partial charge >= 0.3 is 5.97 Å². The standard InChI is InChI=1S/C10H13NO3.ClH/c1-14-10(13)8-5-3-2-4-7(8)9(12)6-11;/h2-5,9,12H,6,11H2,1H3;1H. The lowest BCUT2D eigenvalue weighted by molar-refractivity contribution is 0.0593. The molecule has 0 bridgehead atoms. The summed E-state index contributed by atoms with van der Waals surface area (Å²) in [6.07, 6.45) is -0.828. The molecule has 0 saturated heterocycles. The van der Waals surface area contributed by atoms with E-state index >= 15 is 0 Å². The van der Waals surface area contributed by atoms with Gasteiger partial charge in [0.25, 0.3) is 0 Å². The second kappa shape index (κ2) is 6.40. The Morgan fingerprint density at radius 2 is 2.13 bits per heavy atom. The first-order chi connectivity index (χ1) is 6.70. The predicted octanol–water partition coefficient (Wildman–Crippen LogP) is 0.887. The summed E-state index contributed by atoms with van der Waals surface area (Å²) >= 11 is 0. The molecule has 0 radical (unpaired) electrons. The SMILES string of the molecule is COC(=O)c1ccccc1C(O)CN.Cl. The van der Waals surface area contributed by atoms with E-state index < -0.39 is 12.1 Å². The third-order valence-corrected chi connectivity index (χ3v) is 1.95. The molecule has 0 heterocycles. The van der Waals surface area contributed by atoms with E-state index in [1.54, 1.807) is 24.3 Å². The molecule has 0 aromatic heterocycles. The summed E-state index contributed by atoms with van der Waals surface area (Å²) in [5, 5.41) is 9.52. The number of nitrogens with two attached hydrogens (primary N) is 1. The number of methoxy groups -OCH3 is 1. The Morgan fingerprint density at radius 1 is 1.53 bits per heavy atom. The Kier molecular flexibility index (Phi) is 5.93. The largest absolute Gasteiger partial charge is 0.465 e. The quantitative estimate of drug-likeness (QED) is 0.758. The molecule has 1 aromatic rings. The number of aliphatic hydroxyl groups excluding tert-OH is 1. The van der Waals surface area contributed by atoms with Crippen LogP contribution in [0.15, 0.2) is 24.3 Å². The first kappa shape index (κ1) is 13.9. The monoisotopic (exact) mass is 231 g/mol. The minimum atomic E-state index is -0.828. The van der Waals surface area contributed by atoms with Crippen molar-refractivity contribution in [2.24, 2.45) is 5.73 Å². The second-order valence-electron chi connectivity index (χ2n) is 2.83. The summed E-state index contributed by atoms with van der Waals surface area (Å²) in [6, 6.07) is 6.70. The van der Waals surface area contributed by atoms with Crippen LogP contribution < -0.4 is 5.73 Å². The number of benzene rings is 1. The third-order valence-electron chi connectivity index (χ3n) is 1.95. The van der Waals surface area contributed by atoms with Gasteiger partial charge in [0.1, 0.15) is 0 Å². The highest BCUT2D eigenvalue weighted by Gasteiger charge is 2.15. The average molecular weight is 232 g/mol. The number of rotatable bonds is 3. The zero-order valence-corrected chi connectivity index (χ0v) is 9.16. The molecule has 4 nitrogen and oxygen atoms in total. The Bertz CT molecular complexity index is 330. The molecule has 15 heavy (non-hydrogen) atoms. The van der Waals surface area contributed by atoms with Crippen molar-refractivity contribution >= 4 is 18.4 Å². The van der Waals surface area contributed by atoms with Crippen LogP contribution in [0.2, 0.25) is 0 Å². The van der Waals surface area contributed by atoms with Gasteiger partial charge in [0.2, 0.25) is 0 Å². The molecule has 1 aromatic carbocycles. The summed E-state index contributed by atoms with van der Waals surface area (Å²) in [5.41, 5.74) is 6.17. The topological polar surface area (TPSA) is 72.5 Å². The van der Waals surface area contributed by atoms with Crippen LogP contribution in [0, 0.1) is 0 Å². The summed E-state index contributed by atoms with van der Waals surface area (Å²) in [7, 11) is 1.30. The van der Waals surface area contributed by atoms with Crippen LogP contribution in [-0.2, 0) is 4.74 Å². The van der Waals surface area contributed by atoms with Crippen molar-refractivity contribution in [2.45, 2.75) is 6.10 Å². The van der Waals surface area contributed by atoms with Gasteiger partial charge in [-0.05, 0) is 11.6 Å². The lowest BCUT2D eigenvalue weighted by Gasteiger charge is -2.11. The zero-order chi connectivity index (χ0) is 10.6. The van der Waals surface area contributed by atoms with Gasteiger partial charge in [-0.1, -0.05) is 18.2 Å². The first-order valence-corrected chi connectivity index (χ1v) is 4.26. The van der Waals surface area contributed by atoms with Crippen LogP contribution in [0.4, 0.5) is 0 Å². The van der Waals surface area contributed by atoms with E-state index in [0.29, 0.717) is 11.1 Å². The van der Waals surface area contributed by atoms with Crippen molar-refractivity contribution in [3.05, 3.63) is 35.4 Å². The normalized spacial score (nSPS) is 11.4. The average Bonchev–Trinajstić information content (AvgIpc) is 2.27. The van der Waals surface area contributed by atoms with Crippen LogP contribution in [0.1, 0.15) is 22.0 Å². The zero-order valence-electron chi connectivity index (χ0n) is 8.34. The van der Waals surface area contributed by atoms with E-state index in [1.807, 2.05) is 0 Å². The van der Waals surface area contributed by atoms with E-state index in [2.05, 4.69) is 4.74 Å². The molecule has 0 spiro atoms. The van der Waals surface area contributed by atoms with E-state index in [1.165, 1.54) is 7.11 Å². The molecule has 1 unspecified atom stereocenters. The van der Waals surface area contributed by atoms with Gasteiger partial charge in [-0.3, -0.25) is 0 Å². The fourth-order valence-corrected chi connectivity index (χ4v) is 1.21. The number of aliphatic hydroxyl groups is 1. The van der Waals surface area contributed by atoms with E-state index in [4.69, 9.17) is 5.73 Å². The van der Waals surface area contributed by atoms with Gasteiger partial charge in [0.15, 0.2) is 0 Å². The molecule has 1 rings (SSSR count). The Hall–Kier alpha value is -1.10. The molecule has 0 amide bonds. The minimum absolute atomic E-state index is 0. The molecule has 5 heteroatoms. The maximum atomic E-state index is 11.3. The van der Waals surface area contributed by atoms with Crippen LogP contribution >= 0.6 is 12.4 Å². The van der Waals surface area contributed by atoms with E-state index in [0.717, 1.165) is 0 Å². The van der Waals surface area contributed by atoms with Gasteiger partial charge in [0, 0.05) is 6.54 Å². The fraction of sp³-hybridized carbons (Fsp3) is 0.300. The molecule has 3 N–H and O–H groups in total. The number of ether oxygens (including phenoxy) is 1. The molecular formula is C10H14ClNO3. The third kappa shape index (κ3) is 3.20. The van der Waals surface area contributed by atoms with Crippen molar-refractivity contribution in [3.8, 4) is 0 Å². The second-order valence-corrected chi connectivity index (χ2v) is 2.83. The number of carbonyl (C=O) groups excluding carboxylic acids is 1. The van der Waals surface area contributed by atoms with Crippen molar-refractivity contribution < 1.29 is 14.6 Å². The van der Waals surface area contributed by atoms with Gasteiger partial charge < -0.3 is 15.6 Å². The van der Waals surface area contributed by atoms with Gasteiger partial charge in [-0.2, -0.15) is 0 Å². The molecule has 0 aliphatic heterocycles. The summed E-state index contributed by atoms with van der Waals surface area (Å²) in [5.74, 6) is -0.465. The Morgan fingerprint density at radius 3 is 2.67 bits per heavy atom. The number of carbonyl (C=O) groups is 1. The molecule has 0 aliphatic carbocycles. The van der Waals surface area contributed by atoms with Crippen molar-refractivity contribution in [2.75, 3.05) is 13.7 Å². The molecule has 1 atom stereocenters. The number of halogens is 1. The summed E-state index contributed by atoms with van der Waals surface area (Å²) in [6.45, 7) is 0.0774. The van der Waals surface area contributed by atoms with Gasteiger partial charge in [-0.25, -0.2) is 4.79 Å². The molecule has 0 aliphatic rings. The summed E-state index contributed by atoms with van der Waals surface area (Å²) in [4.78, 5) is 11.3. The maximum Gasteiger partial charge on any atom is 0.338 e. The fourth-order valence-electron chi connectivity index (χ4n) is 1.21. The van der Waals surface area contributed by atoms with Crippen LogP contribution in [-0.4, -0.2) is 24.7 Å². The predicted molar refractivity (Wildman–Crippen MR) is 59.0 cm³/mol. The highest BCUT2D eigenvalue weighted by atomic mass is 35.5. The highest BCUT2D eigenvalue weighted by Crippen LogP contribution is 2.17. The first-order valence-electron chi connectivity index (χ1n) is 4.26. The van der Waals surface area contributed by atoms with Crippen molar-refractivity contribution in [1.82, 2.24) is 0 Å². The van der Waals surface area contributed by atoms with Gasteiger partial charge in [0.05, 0.1) is 18.8 Å². The van der Waals surface area contributed by atoms with Crippen molar-refractivity contribution in [1.29, 1.82) is 0 Å². The highest BCUT2D eigenvalue weighted by molar-refractivity contribution is 5.91. The molecule has 84 valence electrons. The van der Waals surface area contributed by atoms with E-state index in [-0.39, 0.29) is 19.0 Å². The lowest BCUT2D eigenvalue weighted by atomic mass is 10.0. The minimum Gasteiger partial charge on any atom is -0.465 e. The van der Waals surface area contributed by atoms with Crippen LogP contribution in [0.5, 0.6) is 0 Å². The lowest BCUT2D eigenvalue weighted by Crippen LogP contribution is -2.15. The molecule has 0 fully saturated rings. The molecular weight excluding hydrogens is 218 g/mol. The number of esters is 1. The summed E-state index contributed by atoms with van der Waals surface area (Å²) < 4.78 is 4.58. The maximum absolute atomic E-state index is 11.3. The van der Waals surface area contributed by atoms with E-state index in [9.17, 15) is 9.90 Å².